The molecule has 1 aliphatic heterocycles. The Morgan fingerprint density at radius 1 is 1.17 bits per heavy atom. The third-order valence-corrected chi connectivity index (χ3v) is 6.97. The SMILES string of the molecule is O=c1c([S+]2CCCC2)c([O-])c2cccnc2n1-c1cccc(Cl)c1. The fourth-order valence-electron chi connectivity index (χ4n) is 3.14. The highest BCUT2D eigenvalue weighted by Crippen LogP contribution is 2.32. The molecule has 0 atom stereocenters. The van der Waals surface area contributed by atoms with Crippen molar-refractivity contribution in [3.05, 3.63) is 58.0 Å². The van der Waals surface area contributed by atoms with E-state index in [2.05, 4.69) is 4.98 Å². The summed E-state index contributed by atoms with van der Waals surface area (Å²) < 4.78 is 1.53. The van der Waals surface area contributed by atoms with Gasteiger partial charge in [0.05, 0.1) is 5.69 Å². The predicted molar refractivity (Wildman–Crippen MR) is 96.4 cm³/mol. The van der Waals surface area contributed by atoms with Crippen LogP contribution in [0.5, 0.6) is 5.75 Å². The second-order valence-corrected chi connectivity index (χ2v) is 8.41. The summed E-state index contributed by atoms with van der Waals surface area (Å²) in [4.78, 5) is 17.9. The molecule has 3 heterocycles. The van der Waals surface area contributed by atoms with Crippen LogP contribution >= 0.6 is 11.6 Å². The van der Waals surface area contributed by atoms with E-state index in [0.29, 0.717) is 26.6 Å². The lowest BCUT2D eigenvalue weighted by Crippen LogP contribution is -2.28. The summed E-state index contributed by atoms with van der Waals surface area (Å²) in [5, 5.41) is 13.9. The minimum atomic E-state index is -0.266. The fraction of sp³-hybridized carbons (Fsp3) is 0.222. The Labute approximate surface area is 147 Å². The van der Waals surface area contributed by atoms with Crippen molar-refractivity contribution in [3.63, 3.8) is 0 Å². The molecule has 122 valence electrons. The topological polar surface area (TPSA) is 57.9 Å². The van der Waals surface area contributed by atoms with E-state index in [-0.39, 0.29) is 22.2 Å². The van der Waals surface area contributed by atoms with Crippen molar-refractivity contribution in [3.8, 4) is 11.4 Å². The zero-order chi connectivity index (χ0) is 16.7. The maximum atomic E-state index is 13.2. The molecule has 0 spiro atoms. The minimum absolute atomic E-state index is 0.161. The number of halogens is 1. The lowest BCUT2D eigenvalue weighted by atomic mass is 10.2. The molecular formula is C18H15ClN2O2S. The number of hydrogen-bond acceptors (Lipinski definition) is 3. The van der Waals surface area contributed by atoms with Crippen molar-refractivity contribution >= 4 is 33.5 Å². The largest absolute Gasteiger partial charge is 0.868 e. The minimum Gasteiger partial charge on any atom is -0.868 e. The molecule has 0 amide bonds. The lowest BCUT2D eigenvalue weighted by Gasteiger charge is -2.18. The van der Waals surface area contributed by atoms with E-state index in [1.165, 1.54) is 4.57 Å². The summed E-state index contributed by atoms with van der Waals surface area (Å²) in [7, 11) is -0.266. The van der Waals surface area contributed by atoms with Gasteiger partial charge in [0.25, 0.3) is 0 Å². The Morgan fingerprint density at radius 3 is 2.71 bits per heavy atom. The molecule has 1 saturated heterocycles. The molecule has 24 heavy (non-hydrogen) atoms. The highest BCUT2D eigenvalue weighted by Gasteiger charge is 2.32. The maximum absolute atomic E-state index is 13.2. The van der Waals surface area contributed by atoms with Gasteiger partial charge < -0.3 is 5.11 Å². The van der Waals surface area contributed by atoms with Crippen LogP contribution in [0.3, 0.4) is 0 Å². The lowest BCUT2D eigenvalue weighted by molar-refractivity contribution is -0.270. The van der Waals surface area contributed by atoms with Crippen molar-refractivity contribution in [2.24, 2.45) is 0 Å². The third-order valence-electron chi connectivity index (χ3n) is 4.23. The highest BCUT2D eigenvalue weighted by atomic mass is 35.5. The van der Waals surface area contributed by atoms with Crippen LogP contribution in [0.15, 0.2) is 52.3 Å². The van der Waals surface area contributed by atoms with Crippen molar-refractivity contribution in [1.29, 1.82) is 0 Å². The molecule has 3 aromatic rings. The van der Waals surface area contributed by atoms with E-state index in [0.717, 1.165) is 24.3 Å². The first-order chi connectivity index (χ1) is 11.7. The number of rotatable bonds is 2. The molecule has 4 rings (SSSR count). The highest BCUT2D eigenvalue weighted by molar-refractivity contribution is 7.97. The third kappa shape index (κ3) is 2.48. The van der Waals surface area contributed by atoms with Gasteiger partial charge >= 0.3 is 5.56 Å². The van der Waals surface area contributed by atoms with Gasteiger partial charge in [-0.1, -0.05) is 23.7 Å². The van der Waals surface area contributed by atoms with Crippen molar-refractivity contribution in [1.82, 2.24) is 9.55 Å². The molecule has 1 fully saturated rings. The fourth-order valence-corrected chi connectivity index (χ4v) is 5.75. The summed E-state index contributed by atoms with van der Waals surface area (Å²) >= 11 is 6.10. The molecule has 4 nitrogen and oxygen atoms in total. The van der Waals surface area contributed by atoms with E-state index in [1.807, 2.05) is 6.07 Å². The van der Waals surface area contributed by atoms with Crippen LogP contribution in [0.25, 0.3) is 16.7 Å². The van der Waals surface area contributed by atoms with Gasteiger partial charge in [0, 0.05) is 27.5 Å². The van der Waals surface area contributed by atoms with Crippen LogP contribution in [0.4, 0.5) is 0 Å². The monoisotopic (exact) mass is 358 g/mol. The van der Waals surface area contributed by atoms with Crippen LogP contribution in [0.2, 0.25) is 5.02 Å². The number of benzene rings is 1. The quantitative estimate of drug-likeness (QED) is 0.662. The summed E-state index contributed by atoms with van der Waals surface area (Å²) in [5.74, 6) is 1.68. The summed E-state index contributed by atoms with van der Waals surface area (Å²) in [6, 6.07) is 10.6. The van der Waals surface area contributed by atoms with Crippen molar-refractivity contribution in [2.45, 2.75) is 17.7 Å². The first-order valence-corrected chi connectivity index (χ1v) is 9.75. The van der Waals surface area contributed by atoms with E-state index in [1.54, 1.807) is 36.5 Å². The van der Waals surface area contributed by atoms with E-state index >= 15 is 0 Å². The van der Waals surface area contributed by atoms with E-state index in [4.69, 9.17) is 11.6 Å². The standard InChI is InChI=1S/C18H15ClN2O2S/c19-12-5-3-6-13(11-12)21-17-14(7-4-8-20-17)15(22)16(18(21)23)24-9-1-2-10-24/h3-8,11H,1-2,9-10H2. The number of hydrogen-bond donors (Lipinski definition) is 0. The van der Waals surface area contributed by atoms with Gasteiger partial charge in [-0.3, -0.25) is 9.36 Å². The Kier molecular flexibility index (Phi) is 3.98. The Balaban J connectivity index is 2.10. The van der Waals surface area contributed by atoms with Gasteiger partial charge in [0.1, 0.15) is 17.2 Å². The van der Waals surface area contributed by atoms with Crippen LogP contribution in [0.1, 0.15) is 12.8 Å². The average Bonchev–Trinajstić information content (AvgIpc) is 3.09. The summed E-state index contributed by atoms with van der Waals surface area (Å²) in [6.07, 6.45) is 3.74. The molecule has 0 N–H and O–H groups in total. The van der Waals surface area contributed by atoms with Gasteiger partial charge in [-0.25, -0.2) is 4.98 Å². The Morgan fingerprint density at radius 2 is 1.96 bits per heavy atom. The maximum Gasteiger partial charge on any atom is 0.311 e. The van der Waals surface area contributed by atoms with Crippen LogP contribution in [0, 0.1) is 0 Å². The normalized spacial score (nSPS) is 15.2. The zero-order valence-corrected chi connectivity index (χ0v) is 14.4. The second-order valence-electron chi connectivity index (χ2n) is 5.76. The van der Waals surface area contributed by atoms with Gasteiger partial charge in [-0.15, -0.1) is 0 Å². The van der Waals surface area contributed by atoms with E-state index < -0.39 is 0 Å². The Bertz CT molecular complexity index is 980. The number of pyridine rings is 2. The molecule has 0 aliphatic carbocycles. The van der Waals surface area contributed by atoms with Gasteiger partial charge in [0.2, 0.25) is 4.90 Å². The predicted octanol–water partition coefficient (Wildman–Crippen LogP) is 2.88. The second kappa shape index (κ2) is 6.15. The smallest absolute Gasteiger partial charge is 0.311 e. The van der Waals surface area contributed by atoms with Gasteiger partial charge in [0.15, 0.2) is 0 Å². The molecule has 2 aromatic heterocycles. The molecule has 1 aromatic carbocycles. The molecule has 6 heteroatoms. The number of fused-ring (bicyclic) bond motifs is 1. The average molecular weight is 359 g/mol. The molecule has 1 aliphatic rings. The summed E-state index contributed by atoms with van der Waals surface area (Å²) in [6.45, 7) is 0. The zero-order valence-electron chi connectivity index (χ0n) is 12.9. The molecular weight excluding hydrogens is 344 g/mol. The first-order valence-electron chi connectivity index (χ1n) is 7.81. The van der Waals surface area contributed by atoms with E-state index in [9.17, 15) is 9.90 Å². The van der Waals surface area contributed by atoms with Crippen LogP contribution < -0.4 is 10.7 Å². The first kappa shape index (κ1) is 15.5. The van der Waals surface area contributed by atoms with Crippen LogP contribution in [-0.4, -0.2) is 21.1 Å². The number of nitrogens with zero attached hydrogens (tertiary/aromatic N) is 2. The van der Waals surface area contributed by atoms with Crippen molar-refractivity contribution < 1.29 is 5.11 Å². The Hall–Kier alpha value is -1.98. The van der Waals surface area contributed by atoms with Gasteiger partial charge in [-0.05, 0) is 42.9 Å². The molecule has 0 bridgehead atoms. The molecule has 0 saturated carbocycles. The van der Waals surface area contributed by atoms with Gasteiger partial charge in [-0.2, -0.15) is 0 Å². The summed E-state index contributed by atoms with van der Waals surface area (Å²) in [5.41, 5.74) is 0.778. The van der Waals surface area contributed by atoms with Crippen molar-refractivity contribution in [2.75, 3.05) is 11.5 Å². The molecule has 0 unspecified atom stereocenters. The van der Waals surface area contributed by atoms with Crippen LogP contribution in [-0.2, 0) is 10.9 Å². The number of aromatic nitrogens is 2. The molecule has 0 radical (unpaired) electrons.